The third-order valence-electron chi connectivity index (χ3n) is 5.38. The maximum atomic E-state index is 13.3. The molecule has 0 saturated carbocycles. The summed E-state index contributed by atoms with van der Waals surface area (Å²) in [6.45, 7) is 1.44. The summed E-state index contributed by atoms with van der Waals surface area (Å²) in [5, 5.41) is 0.412. The SMILES string of the molecule is O=C(Cc1cc(Cl)c2c(c1)OCCCO2)N(Cc1ccccc1)[C@H]1CCS(=O)(=O)C1. The Labute approximate surface area is 181 Å². The monoisotopic (exact) mass is 449 g/mol. The van der Waals surface area contributed by atoms with Crippen LogP contribution in [-0.4, -0.2) is 50.0 Å². The van der Waals surface area contributed by atoms with Gasteiger partial charge >= 0.3 is 0 Å². The molecule has 0 aromatic heterocycles. The Hall–Kier alpha value is -2.25. The highest BCUT2D eigenvalue weighted by Crippen LogP contribution is 2.38. The first kappa shape index (κ1) is 21.0. The van der Waals surface area contributed by atoms with E-state index in [1.54, 1.807) is 17.0 Å². The first-order valence-electron chi connectivity index (χ1n) is 10.0. The zero-order valence-corrected chi connectivity index (χ0v) is 18.1. The predicted molar refractivity (Wildman–Crippen MR) is 115 cm³/mol. The first-order chi connectivity index (χ1) is 14.4. The molecule has 1 fully saturated rings. The van der Waals surface area contributed by atoms with E-state index in [1.165, 1.54) is 0 Å². The fourth-order valence-corrected chi connectivity index (χ4v) is 5.90. The van der Waals surface area contributed by atoms with Crippen LogP contribution in [0.25, 0.3) is 0 Å². The summed E-state index contributed by atoms with van der Waals surface area (Å²) in [5.41, 5.74) is 1.68. The highest BCUT2D eigenvalue weighted by Gasteiger charge is 2.34. The molecule has 0 bridgehead atoms. The molecule has 2 aliphatic heterocycles. The summed E-state index contributed by atoms with van der Waals surface area (Å²) in [5.74, 6) is 1.04. The van der Waals surface area contributed by atoms with Crippen LogP contribution >= 0.6 is 11.6 Å². The summed E-state index contributed by atoms with van der Waals surface area (Å²) in [6, 6.07) is 12.8. The fourth-order valence-electron chi connectivity index (χ4n) is 3.88. The number of hydrogen-bond acceptors (Lipinski definition) is 5. The van der Waals surface area contributed by atoms with Gasteiger partial charge in [0.1, 0.15) is 0 Å². The summed E-state index contributed by atoms with van der Waals surface area (Å²) >= 11 is 6.37. The van der Waals surface area contributed by atoms with Crippen LogP contribution in [-0.2, 0) is 27.6 Å². The van der Waals surface area contributed by atoms with Gasteiger partial charge in [0, 0.05) is 19.0 Å². The second-order valence-electron chi connectivity index (χ2n) is 7.70. The average Bonchev–Trinajstić information content (AvgIpc) is 2.91. The number of fused-ring (bicyclic) bond motifs is 1. The maximum Gasteiger partial charge on any atom is 0.227 e. The topological polar surface area (TPSA) is 72.9 Å². The second-order valence-corrected chi connectivity index (χ2v) is 10.3. The van der Waals surface area contributed by atoms with Gasteiger partial charge in [-0.25, -0.2) is 8.42 Å². The minimum absolute atomic E-state index is 0.00741. The number of hydrogen-bond donors (Lipinski definition) is 0. The number of carbonyl (C=O) groups is 1. The van der Waals surface area contributed by atoms with Gasteiger partial charge in [0.2, 0.25) is 5.91 Å². The minimum Gasteiger partial charge on any atom is -0.489 e. The zero-order chi connectivity index (χ0) is 21.1. The summed E-state index contributed by atoms with van der Waals surface area (Å²) < 4.78 is 35.4. The van der Waals surface area contributed by atoms with Gasteiger partial charge in [-0.05, 0) is 29.7 Å². The Morgan fingerprint density at radius 3 is 2.60 bits per heavy atom. The van der Waals surface area contributed by atoms with Gasteiger partial charge in [0.25, 0.3) is 0 Å². The van der Waals surface area contributed by atoms with Gasteiger partial charge in [-0.1, -0.05) is 41.9 Å². The molecule has 2 aromatic rings. The van der Waals surface area contributed by atoms with Crippen LogP contribution in [0.3, 0.4) is 0 Å². The second kappa shape index (κ2) is 8.86. The molecule has 1 atom stereocenters. The summed E-state index contributed by atoms with van der Waals surface area (Å²) in [7, 11) is -3.11. The molecule has 0 spiro atoms. The Balaban J connectivity index is 1.57. The van der Waals surface area contributed by atoms with Gasteiger partial charge in [-0.15, -0.1) is 0 Å². The van der Waals surface area contributed by atoms with E-state index in [4.69, 9.17) is 21.1 Å². The molecule has 30 heavy (non-hydrogen) atoms. The largest absolute Gasteiger partial charge is 0.489 e. The van der Waals surface area contributed by atoms with Crippen molar-refractivity contribution in [3.8, 4) is 11.5 Å². The average molecular weight is 450 g/mol. The Morgan fingerprint density at radius 1 is 1.10 bits per heavy atom. The van der Waals surface area contributed by atoms with Crippen molar-refractivity contribution < 1.29 is 22.7 Å². The van der Waals surface area contributed by atoms with E-state index in [0.717, 1.165) is 12.0 Å². The zero-order valence-electron chi connectivity index (χ0n) is 16.6. The highest BCUT2D eigenvalue weighted by molar-refractivity contribution is 7.91. The van der Waals surface area contributed by atoms with E-state index in [0.29, 0.717) is 48.3 Å². The number of nitrogens with zero attached hydrogens (tertiary/aromatic N) is 1. The third kappa shape index (κ3) is 4.90. The van der Waals surface area contributed by atoms with E-state index in [9.17, 15) is 13.2 Å². The number of ether oxygens (including phenoxy) is 2. The van der Waals surface area contributed by atoms with Crippen molar-refractivity contribution >= 4 is 27.3 Å². The third-order valence-corrected chi connectivity index (χ3v) is 7.41. The number of sulfone groups is 1. The van der Waals surface area contributed by atoms with Crippen molar-refractivity contribution in [1.29, 1.82) is 0 Å². The van der Waals surface area contributed by atoms with Crippen LogP contribution in [0.2, 0.25) is 5.02 Å². The van der Waals surface area contributed by atoms with E-state index in [-0.39, 0.29) is 29.9 Å². The number of rotatable bonds is 5. The highest BCUT2D eigenvalue weighted by atomic mass is 35.5. The standard InChI is InChI=1S/C22H24ClNO5S/c23-19-11-17(12-20-22(19)29-9-4-8-28-20)13-21(25)24(14-16-5-2-1-3-6-16)18-7-10-30(26,27)15-18/h1-3,5-6,11-12,18H,4,7-10,13-15H2/t18-/m0/s1. The number of amides is 1. The van der Waals surface area contributed by atoms with E-state index < -0.39 is 9.84 Å². The molecule has 0 aliphatic carbocycles. The lowest BCUT2D eigenvalue weighted by Gasteiger charge is -2.29. The van der Waals surface area contributed by atoms with Crippen molar-refractivity contribution in [2.75, 3.05) is 24.7 Å². The lowest BCUT2D eigenvalue weighted by atomic mass is 10.1. The maximum absolute atomic E-state index is 13.3. The molecule has 160 valence electrons. The minimum atomic E-state index is -3.11. The van der Waals surface area contributed by atoms with Crippen molar-refractivity contribution in [3.05, 3.63) is 58.6 Å². The first-order valence-corrected chi connectivity index (χ1v) is 12.2. The van der Waals surface area contributed by atoms with Crippen LogP contribution in [0.4, 0.5) is 0 Å². The van der Waals surface area contributed by atoms with Crippen molar-refractivity contribution in [3.63, 3.8) is 0 Å². The Morgan fingerprint density at radius 2 is 1.87 bits per heavy atom. The van der Waals surface area contributed by atoms with Crippen LogP contribution in [0, 0.1) is 0 Å². The van der Waals surface area contributed by atoms with Crippen LogP contribution in [0.5, 0.6) is 11.5 Å². The van der Waals surface area contributed by atoms with Crippen LogP contribution in [0.1, 0.15) is 24.0 Å². The molecule has 2 aliphatic rings. The Bertz CT molecular complexity index is 1030. The summed E-state index contributed by atoms with van der Waals surface area (Å²) in [6.07, 6.45) is 1.34. The smallest absolute Gasteiger partial charge is 0.227 e. The molecule has 4 rings (SSSR count). The lowest BCUT2D eigenvalue weighted by molar-refractivity contribution is -0.133. The van der Waals surface area contributed by atoms with Gasteiger partial charge in [-0.2, -0.15) is 0 Å². The molecule has 0 unspecified atom stereocenters. The van der Waals surface area contributed by atoms with Gasteiger partial charge in [0.15, 0.2) is 21.3 Å². The molecule has 0 radical (unpaired) electrons. The number of carbonyl (C=O) groups excluding carboxylic acids is 1. The number of benzene rings is 2. The quantitative estimate of drug-likeness (QED) is 0.700. The molecule has 1 amide bonds. The van der Waals surface area contributed by atoms with Crippen molar-refractivity contribution in [2.45, 2.75) is 31.8 Å². The van der Waals surface area contributed by atoms with Crippen LogP contribution in [0.15, 0.2) is 42.5 Å². The molecule has 8 heteroatoms. The molecule has 0 N–H and O–H groups in total. The van der Waals surface area contributed by atoms with Crippen molar-refractivity contribution in [1.82, 2.24) is 4.90 Å². The van der Waals surface area contributed by atoms with Gasteiger partial charge < -0.3 is 14.4 Å². The molecule has 1 saturated heterocycles. The fraction of sp³-hybridized carbons (Fsp3) is 0.409. The summed E-state index contributed by atoms with van der Waals surface area (Å²) in [4.78, 5) is 15.0. The molecule has 2 heterocycles. The van der Waals surface area contributed by atoms with E-state index in [1.807, 2.05) is 30.3 Å². The number of halogens is 1. The normalized spacial score (nSPS) is 19.8. The molecular weight excluding hydrogens is 426 g/mol. The van der Waals surface area contributed by atoms with Crippen LogP contribution < -0.4 is 9.47 Å². The van der Waals surface area contributed by atoms with Gasteiger partial charge in [0.05, 0.1) is 36.2 Å². The van der Waals surface area contributed by atoms with E-state index >= 15 is 0 Å². The lowest BCUT2D eigenvalue weighted by Crippen LogP contribution is -2.41. The molecular formula is C22H24ClNO5S. The Kier molecular flexibility index (Phi) is 6.20. The van der Waals surface area contributed by atoms with E-state index in [2.05, 4.69) is 0 Å². The molecule has 2 aromatic carbocycles. The predicted octanol–water partition coefficient (Wildman–Crippen LogP) is 3.26. The molecule has 6 nitrogen and oxygen atoms in total. The van der Waals surface area contributed by atoms with Crippen molar-refractivity contribution in [2.24, 2.45) is 0 Å². The van der Waals surface area contributed by atoms with Gasteiger partial charge in [-0.3, -0.25) is 4.79 Å².